The maximum Gasteiger partial charge on any atom is 0.470 e. The van der Waals surface area contributed by atoms with E-state index in [1.165, 1.54) is 0 Å². The van der Waals surface area contributed by atoms with E-state index in [9.17, 15) is 18.8 Å². The predicted molar refractivity (Wildman–Crippen MR) is 92.0 cm³/mol. The van der Waals surface area contributed by atoms with Crippen LogP contribution in [0.5, 0.6) is 0 Å². The standard InChI is InChI=1S/C11H25O15P3/c1-3-4-5-22-6-7-8(24-27(13,14)15)9(25-28(16,17)18)10(11(2,12)23-7)26-29(19,20)21/h7-10,12H,3-6H2,1-2H3,(H2,13,14,15)(H2,16,17,18)(H2,19,20,21)/t7-,8-,9+,10+,11?/m1/s1/i5D/t5?,7-,8-,9+,10+,11?. The minimum absolute atomic E-state index is 0.249. The SMILES string of the molecule is [2H]C(CCC)OC[C@H]1OC(C)(O)[C@@H](OP(=O)(O)O)[C@@H](OP(=O)(O)O)[C@@H]1OP(=O)(O)O. The van der Waals surface area contributed by atoms with Crippen LogP contribution in [0.4, 0.5) is 0 Å². The number of hydrogen-bond donors (Lipinski definition) is 7. The lowest BCUT2D eigenvalue weighted by Gasteiger charge is -2.48. The largest absolute Gasteiger partial charge is 0.470 e. The summed E-state index contributed by atoms with van der Waals surface area (Å²) in [4.78, 5) is 54.8. The number of phosphoric acid groups is 3. The third-order valence-corrected chi connectivity index (χ3v) is 5.00. The zero-order chi connectivity index (χ0) is 23.5. The Balaban J connectivity index is 3.37. The second-order valence-corrected chi connectivity index (χ2v) is 9.71. The molecule has 0 bridgehead atoms. The van der Waals surface area contributed by atoms with Gasteiger partial charge in [0.05, 0.1) is 7.98 Å². The first-order valence-corrected chi connectivity index (χ1v) is 12.6. The van der Waals surface area contributed by atoms with E-state index in [0.717, 1.165) is 6.92 Å². The van der Waals surface area contributed by atoms with Crippen LogP contribution in [0.3, 0.4) is 0 Å². The molecule has 6 atom stereocenters. The van der Waals surface area contributed by atoms with Crippen molar-refractivity contribution in [3.05, 3.63) is 0 Å². The summed E-state index contributed by atoms with van der Waals surface area (Å²) in [6.07, 6.45) is -7.78. The summed E-state index contributed by atoms with van der Waals surface area (Å²) in [5.41, 5.74) is 0. The summed E-state index contributed by atoms with van der Waals surface area (Å²) in [6, 6.07) is 0. The van der Waals surface area contributed by atoms with Crippen molar-refractivity contribution in [2.75, 3.05) is 13.2 Å². The minimum Gasteiger partial charge on any atom is -0.379 e. The lowest BCUT2D eigenvalue weighted by atomic mass is 9.93. The van der Waals surface area contributed by atoms with Crippen LogP contribution in [0.25, 0.3) is 0 Å². The second-order valence-electron chi connectivity index (χ2n) is 6.14. The summed E-state index contributed by atoms with van der Waals surface area (Å²) in [5, 5.41) is 10.4. The molecule has 174 valence electrons. The van der Waals surface area contributed by atoms with Gasteiger partial charge in [-0.25, -0.2) is 13.7 Å². The summed E-state index contributed by atoms with van der Waals surface area (Å²) >= 11 is 0. The first-order valence-electron chi connectivity index (χ1n) is 8.58. The smallest absolute Gasteiger partial charge is 0.379 e. The molecule has 2 unspecified atom stereocenters. The van der Waals surface area contributed by atoms with Crippen molar-refractivity contribution in [2.24, 2.45) is 0 Å². The Bertz CT molecular complexity index is 700. The fraction of sp³-hybridized carbons (Fsp3) is 1.00. The molecule has 1 fully saturated rings. The van der Waals surface area contributed by atoms with Crippen LogP contribution in [-0.2, 0) is 36.7 Å². The van der Waals surface area contributed by atoms with E-state index in [2.05, 4.69) is 13.6 Å². The maximum absolute atomic E-state index is 11.4. The molecule has 0 aromatic heterocycles. The van der Waals surface area contributed by atoms with Crippen LogP contribution >= 0.6 is 23.5 Å². The zero-order valence-electron chi connectivity index (χ0n) is 16.2. The van der Waals surface area contributed by atoms with Crippen molar-refractivity contribution in [3.8, 4) is 0 Å². The first-order chi connectivity index (χ1) is 13.3. The van der Waals surface area contributed by atoms with E-state index in [1.807, 2.05) is 0 Å². The highest BCUT2D eigenvalue weighted by molar-refractivity contribution is 7.47. The lowest BCUT2D eigenvalue weighted by Crippen LogP contribution is -2.65. The van der Waals surface area contributed by atoms with Gasteiger partial charge in [-0.2, -0.15) is 0 Å². The highest BCUT2D eigenvalue weighted by atomic mass is 31.2. The van der Waals surface area contributed by atoms with Crippen LogP contribution in [0.15, 0.2) is 0 Å². The van der Waals surface area contributed by atoms with Gasteiger partial charge in [0.25, 0.3) is 0 Å². The Morgan fingerprint density at radius 3 is 1.90 bits per heavy atom. The zero-order valence-corrected chi connectivity index (χ0v) is 17.9. The Morgan fingerprint density at radius 2 is 1.45 bits per heavy atom. The van der Waals surface area contributed by atoms with Crippen LogP contribution in [0.1, 0.15) is 28.1 Å². The Labute approximate surface area is 167 Å². The van der Waals surface area contributed by atoms with Gasteiger partial charge in [0, 0.05) is 6.58 Å². The number of phosphoric ester groups is 3. The van der Waals surface area contributed by atoms with Gasteiger partial charge in [0.15, 0.2) is 11.9 Å². The molecule has 18 heteroatoms. The van der Waals surface area contributed by atoms with E-state index < -0.39 is 66.9 Å². The first kappa shape index (κ1) is 25.5. The van der Waals surface area contributed by atoms with E-state index >= 15 is 0 Å². The molecule has 0 aromatic rings. The summed E-state index contributed by atoms with van der Waals surface area (Å²) in [7, 11) is -16.3. The number of ether oxygens (including phenoxy) is 2. The van der Waals surface area contributed by atoms with Gasteiger partial charge >= 0.3 is 23.5 Å². The van der Waals surface area contributed by atoms with Gasteiger partial charge in [-0.3, -0.25) is 13.6 Å². The van der Waals surface area contributed by atoms with Gasteiger partial charge in [-0.1, -0.05) is 13.3 Å². The number of hydrogen-bond acceptors (Lipinski definition) is 9. The normalized spacial score (nSPS) is 33.3. The quantitative estimate of drug-likeness (QED) is 0.178. The fourth-order valence-corrected chi connectivity index (χ4v) is 4.22. The molecule has 1 rings (SSSR count). The summed E-state index contributed by atoms with van der Waals surface area (Å²) < 4.78 is 65.2. The Hall–Kier alpha value is 0.210. The highest BCUT2D eigenvalue weighted by Crippen LogP contribution is 2.51. The van der Waals surface area contributed by atoms with E-state index in [1.54, 1.807) is 6.92 Å². The topological polar surface area (TPSA) is 239 Å². The van der Waals surface area contributed by atoms with Gasteiger partial charge in [0.2, 0.25) is 0 Å². The fourth-order valence-electron chi connectivity index (χ4n) is 2.49. The molecule has 0 amide bonds. The van der Waals surface area contributed by atoms with Crippen molar-refractivity contribution >= 4 is 23.5 Å². The van der Waals surface area contributed by atoms with Crippen LogP contribution < -0.4 is 0 Å². The molecule has 0 radical (unpaired) electrons. The molecule has 1 aliphatic heterocycles. The molecule has 0 aliphatic carbocycles. The van der Waals surface area contributed by atoms with Gasteiger partial charge < -0.3 is 43.9 Å². The molecular weight excluding hydrogens is 465 g/mol. The second kappa shape index (κ2) is 10.2. The lowest BCUT2D eigenvalue weighted by molar-refractivity contribution is -0.334. The molecule has 1 aliphatic rings. The minimum atomic E-state index is -5.48. The average molecular weight is 491 g/mol. The van der Waals surface area contributed by atoms with Crippen LogP contribution in [0.2, 0.25) is 0 Å². The summed E-state index contributed by atoms with van der Waals surface area (Å²) in [6.45, 7) is 0.761. The van der Waals surface area contributed by atoms with Gasteiger partial charge in [-0.15, -0.1) is 0 Å². The maximum atomic E-state index is 11.4. The monoisotopic (exact) mass is 491 g/mol. The molecule has 0 aromatic carbocycles. The third-order valence-electron chi connectivity index (χ3n) is 3.46. The number of rotatable bonds is 11. The highest BCUT2D eigenvalue weighted by Gasteiger charge is 2.58. The Morgan fingerprint density at radius 1 is 0.966 bits per heavy atom. The van der Waals surface area contributed by atoms with Gasteiger partial charge in [0.1, 0.15) is 18.3 Å². The molecule has 7 N–H and O–H groups in total. The van der Waals surface area contributed by atoms with E-state index in [0.29, 0.717) is 6.42 Å². The third kappa shape index (κ3) is 9.92. The number of aliphatic hydroxyl groups is 1. The molecule has 0 saturated carbocycles. The van der Waals surface area contributed by atoms with Crippen molar-refractivity contribution in [1.82, 2.24) is 0 Å². The molecule has 15 nitrogen and oxygen atoms in total. The van der Waals surface area contributed by atoms with Gasteiger partial charge in [-0.05, 0) is 13.3 Å². The average Bonchev–Trinajstić information content (AvgIpc) is 2.49. The van der Waals surface area contributed by atoms with Crippen molar-refractivity contribution in [3.63, 3.8) is 0 Å². The molecule has 1 saturated heterocycles. The van der Waals surface area contributed by atoms with E-state index in [-0.39, 0.29) is 6.42 Å². The molecule has 0 spiro atoms. The summed E-state index contributed by atoms with van der Waals surface area (Å²) in [5.74, 6) is -2.70. The molecule has 1 heterocycles. The predicted octanol–water partition coefficient (Wildman–Crippen LogP) is -0.656. The van der Waals surface area contributed by atoms with E-state index in [4.69, 9.17) is 40.2 Å². The van der Waals surface area contributed by atoms with Crippen LogP contribution in [0, 0.1) is 0 Å². The van der Waals surface area contributed by atoms with Crippen molar-refractivity contribution in [2.45, 2.75) is 56.9 Å². The Kier molecular flexibility index (Phi) is 8.97. The van der Waals surface area contributed by atoms with Crippen molar-refractivity contribution in [1.29, 1.82) is 0 Å². The van der Waals surface area contributed by atoms with Crippen LogP contribution in [-0.4, -0.2) is 77.9 Å². The molecule has 29 heavy (non-hydrogen) atoms. The van der Waals surface area contributed by atoms with Crippen molar-refractivity contribution < 1.29 is 72.6 Å². The molecular formula is C11H25O15P3.